The van der Waals surface area contributed by atoms with Gasteiger partial charge in [-0.2, -0.15) is 0 Å². The Morgan fingerprint density at radius 1 is 1.21 bits per heavy atom. The second kappa shape index (κ2) is 7.95. The first kappa shape index (κ1) is 20.4. The van der Waals surface area contributed by atoms with Crippen LogP contribution in [0.4, 0.5) is 16.4 Å². The minimum Gasteiger partial charge on any atom is -0.478 e. The number of hydrogen-bond acceptors (Lipinski definition) is 7. The van der Waals surface area contributed by atoms with Gasteiger partial charge in [0.15, 0.2) is 0 Å². The first-order chi connectivity index (χ1) is 13.7. The molecular formula is C18H17N3O7S. The number of carbonyl (C=O) groups is 2. The molecule has 0 fully saturated rings. The number of anilines is 1. The average molecular weight is 419 g/mol. The Morgan fingerprint density at radius 3 is 2.34 bits per heavy atom. The van der Waals surface area contributed by atoms with Crippen molar-refractivity contribution in [2.45, 2.75) is 32.6 Å². The van der Waals surface area contributed by atoms with Crippen LogP contribution in [0.2, 0.25) is 0 Å². The quantitative estimate of drug-likeness (QED) is 0.529. The lowest BCUT2D eigenvalue weighted by molar-refractivity contribution is -0.394. The topological polar surface area (TPSA) is 153 Å². The summed E-state index contributed by atoms with van der Waals surface area (Å²) in [5.74, 6) is -1.56. The van der Waals surface area contributed by atoms with E-state index in [1.165, 1.54) is 11.3 Å². The molecule has 11 heteroatoms. The molecule has 0 bridgehead atoms. The van der Waals surface area contributed by atoms with Crippen molar-refractivity contribution >= 4 is 39.6 Å². The number of nitrogens with zero attached hydrogens (tertiary/aromatic N) is 2. The molecule has 1 aliphatic rings. The maximum Gasteiger partial charge on any atom is 0.339 e. The number of carboxylic acid groups (broad SMARTS) is 1. The summed E-state index contributed by atoms with van der Waals surface area (Å²) >= 11 is 1.17. The molecule has 1 amide bonds. The van der Waals surface area contributed by atoms with E-state index in [4.69, 9.17) is 0 Å². The molecular weight excluding hydrogens is 402 g/mol. The van der Waals surface area contributed by atoms with Crippen molar-refractivity contribution in [2.75, 3.05) is 5.32 Å². The molecule has 0 spiro atoms. The largest absolute Gasteiger partial charge is 0.478 e. The second-order valence-corrected chi connectivity index (χ2v) is 7.84. The predicted molar refractivity (Wildman–Crippen MR) is 105 cm³/mol. The van der Waals surface area contributed by atoms with Crippen LogP contribution < -0.4 is 5.32 Å². The van der Waals surface area contributed by atoms with Crippen molar-refractivity contribution in [1.29, 1.82) is 0 Å². The first-order valence-electron chi connectivity index (χ1n) is 8.84. The third-order valence-corrected chi connectivity index (χ3v) is 6.14. The van der Waals surface area contributed by atoms with E-state index in [1.54, 1.807) is 0 Å². The van der Waals surface area contributed by atoms with Gasteiger partial charge in [0.1, 0.15) is 5.00 Å². The third kappa shape index (κ3) is 4.09. The standard InChI is InChI=1S/C18H17N3O7S/c1-2-9-3-4-13-14(5-9)29-17(15(13)18(23)24)19-16(22)10-6-11(20(25)26)8-12(7-10)21(27)28/h6-9H,2-5H2,1H3,(H,19,22)(H,23,24). The molecule has 152 valence electrons. The zero-order valence-corrected chi connectivity index (χ0v) is 16.2. The van der Waals surface area contributed by atoms with E-state index in [-0.39, 0.29) is 16.1 Å². The zero-order valence-electron chi connectivity index (χ0n) is 15.3. The van der Waals surface area contributed by atoms with Crippen molar-refractivity contribution in [2.24, 2.45) is 5.92 Å². The van der Waals surface area contributed by atoms with Gasteiger partial charge in [-0.3, -0.25) is 25.0 Å². The van der Waals surface area contributed by atoms with Gasteiger partial charge < -0.3 is 10.4 Å². The van der Waals surface area contributed by atoms with E-state index in [0.717, 1.165) is 42.3 Å². The minimum atomic E-state index is -1.17. The Kier molecular flexibility index (Phi) is 5.59. The maximum atomic E-state index is 12.6. The molecule has 1 heterocycles. The molecule has 0 saturated carbocycles. The predicted octanol–water partition coefficient (Wildman–Crippen LogP) is 4.03. The number of carbonyl (C=O) groups excluding carboxylic acids is 1. The number of rotatable bonds is 6. The molecule has 0 radical (unpaired) electrons. The van der Waals surface area contributed by atoms with E-state index >= 15 is 0 Å². The summed E-state index contributed by atoms with van der Waals surface area (Å²) in [7, 11) is 0. The highest BCUT2D eigenvalue weighted by Crippen LogP contribution is 2.40. The van der Waals surface area contributed by atoms with Crippen LogP contribution in [0.25, 0.3) is 0 Å². The van der Waals surface area contributed by atoms with Crippen molar-refractivity contribution in [1.82, 2.24) is 0 Å². The van der Waals surface area contributed by atoms with Crippen LogP contribution in [0.15, 0.2) is 18.2 Å². The monoisotopic (exact) mass is 419 g/mol. The van der Waals surface area contributed by atoms with Crippen molar-refractivity contribution < 1.29 is 24.5 Å². The van der Waals surface area contributed by atoms with Crippen LogP contribution >= 0.6 is 11.3 Å². The number of benzene rings is 1. The normalized spacial score (nSPS) is 15.4. The third-order valence-electron chi connectivity index (χ3n) is 4.97. The summed E-state index contributed by atoms with van der Waals surface area (Å²) < 4.78 is 0. The Morgan fingerprint density at radius 2 is 1.83 bits per heavy atom. The maximum absolute atomic E-state index is 12.6. The molecule has 0 saturated heterocycles. The van der Waals surface area contributed by atoms with Crippen LogP contribution in [0, 0.1) is 26.1 Å². The SMILES string of the molecule is CCC1CCc2c(sc(NC(=O)c3cc([N+](=O)[O-])cc([N+](=O)[O-])c3)c2C(=O)O)C1. The smallest absolute Gasteiger partial charge is 0.339 e. The summed E-state index contributed by atoms with van der Waals surface area (Å²) in [6.45, 7) is 2.07. The van der Waals surface area contributed by atoms with Crippen LogP contribution in [0.5, 0.6) is 0 Å². The summed E-state index contributed by atoms with van der Waals surface area (Å²) in [5.41, 5.74) is -0.765. The molecule has 1 aromatic carbocycles. The number of aromatic carboxylic acids is 1. The number of amides is 1. The molecule has 3 rings (SSSR count). The number of thiophene rings is 1. The van der Waals surface area contributed by atoms with Gasteiger partial charge in [0.2, 0.25) is 0 Å². The van der Waals surface area contributed by atoms with Crippen LogP contribution in [-0.2, 0) is 12.8 Å². The summed E-state index contributed by atoms with van der Waals surface area (Å²) in [6, 6.07) is 2.60. The van der Waals surface area contributed by atoms with Gasteiger partial charge in [0, 0.05) is 17.0 Å². The fraction of sp³-hybridized carbons (Fsp3) is 0.333. The van der Waals surface area contributed by atoms with E-state index < -0.39 is 33.1 Å². The Bertz CT molecular complexity index is 998. The van der Waals surface area contributed by atoms with Gasteiger partial charge in [-0.05, 0) is 30.7 Å². The van der Waals surface area contributed by atoms with Gasteiger partial charge in [0.25, 0.3) is 17.3 Å². The lowest BCUT2D eigenvalue weighted by atomic mass is 9.86. The molecule has 1 aromatic heterocycles. The van der Waals surface area contributed by atoms with Gasteiger partial charge in [-0.25, -0.2) is 4.79 Å². The fourth-order valence-electron chi connectivity index (χ4n) is 3.43. The van der Waals surface area contributed by atoms with Crippen molar-refractivity contribution in [3.05, 3.63) is 60.0 Å². The molecule has 1 aliphatic carbocycles. The van der Waals surface area contributed by atoms with Crippen LogP contribution in [-0.4, -0.2) is 26.8 Å². The van der Waals surface area contributed by atoms with Gasteiger partial charge >= 0.3 is 5.97 Å². The number of nitro benzene ring substituents is 2. The van der Waals surface area contributed by atoms with Crippen LogP contribution in [0.1, 0.15) is 50.9 Å². The lowest BCUT2D eigenvalue weighted by Crippen LogP contribution is -2.16. The summed E-state index contributed by atoms with van der Waals surface area (Å²) in [5, 5.41) is 34.3. The van der Waals surface area contributed by atoms with E-state index in [1.807, 2.05) is 0 Å². The number of hydrogen-bond donors (Lipinski definition) is 2. The van der Waals surface area contributed by atoms with Gasteiger partial charge in [-0.15, -0.1) is 11.3 Å². The Hall–Kier alpha value is -3.34. The summed E-state index contributed by atoms with van der Waals surface area (Å²) in [4.78, 5) is 45.7. The van der Waals surface area contributed by atoms with Gasteiger partial charge in [0.05, 0.1) is 27.0 Å². The highest BCUT2D eigenvalue weighted by molar-refractivity contribution is 7.17. The first-order valence-corrected chi connectivity index (χ1v) is 9.66. The lowest BCUT2D eigenvalue weighted by Gasteiger charge is -2.20. The second-order valence-electron chi connectivity index (χ2n) is 6.74. The number of nitro groups is 2. The zero-order chi connectivity index (χ0) is 21.3. The average Bonchev–Trinajstić information content (AvgIpc) is 3.04. The number of nitrogens with one attached hydrogen (secondary N) is 1. The molecule has 2 N–H and O–H groups in total. The minimum absolute atomic E-state index is 0.0211. The highest BCUT2D eigenvalue weighted by Gasteiger charge is 2.29. The van der Waals surface area contributed by atoms with E-state index in [2.05, 4.69) is 12.2 Å². The van der Waals surface area contributed by atoms with Crippen LogP contribution in [0.3, 0.4) is 0 Å². The number of carboxylic acids is 1. The summed E-state index contributed by atoms with van der Waals surface area (Å²) in [6.07, 6.45) is 3.17. The highest BCUT2D eigenvalue weighted by atomic mass is 32.1. The van der Waals surface area contributed by atoms with Gasteiger partial charge in [-0.1, -0.05) is 13.3 Å². The molecule has 2 aromatic rings. The Labute approximate surface area is 168 Å². The molecule has 0 aliphatic heterocycles. The van der Waals surface area contributed by atoms with Crippen molar-refractivity contribution in [3.63, 3.8) is 0 Å². The Balaban J connectivity index is 1.97. The van der Waals surface area contributed by atoms with Crippen molar-refractivity contribution in [3.8, 4) is 0 Å². The molecule has 1 atom stereocenters. The molecule has 1 unspecified atom stereocenters. The molecule has 29 heavy (non-hydrogen) atoms. The fourth-order valence-corrected chi connectivity index (χ4v) is 4.78. The number of fused-ring (bicyclic) bond motifs is 1. The number of non-ortho nitro benzene ring substituents is 2. The van der Waals surface area contributed by atoms with E-state index in [9.17, 15) is 34.9 Å². The molecule has 10 nitrogen and oxygen atoms in total. The van der Waals surface area contributed by atoms with E-state index in [0.29, 0.717) is 17.9 Å².